The van der Waals surface area contributed by atoms with Gasteiger partial charge in [-0.3, -0.25) is 4.79 Å². The molecule has 2 bridgehead atoms. The van der Waals surface area contributed by atoms with Crippen molar-refractivity contribution in [3.05, 3.63) is 35.9 Å². The molecule has 3 atom stereocenters. The van der Waals surface area contributed by atoms with Crippen molar-refractivity contribution >= 4 is 11.4 Å². The summed E-state index contributed by atoms with van der Waals surface area (Å²) in [6.45, 7) is 5.42. The zero-order valence-electron chi connectivity index (χ0n) is 12.2. The van der Waals surface area contributed by atoms with Crippen molar-refractivity contribution in [1.29, 1.82) is 0 Å². The average Bonchev–Trinajstić information content (AvgIpc) is 2.99. The molecule has 1 amide bonds. The van der Waals surface area contributed by atoms with E-state index in [1.165, 1.54) is 25.1 Å². The molecule has 21 heavy (non-hydrogen) atoms. The summed E-state index contributed by atoms with van der Waals surface area (Å²) < 4.78 is 1.94. The number of carbonyl (C=O) groups excluding carboxylic acids is 1. The highest BCUT2D eigenvalue weighted by atomic mass is 16.1. The number of rotatable bonds is 2. The SMILES string of the molecule is Cc1cc2cc(C(=O)N[C@@H]3CC4CCN(C4)C3)ncn2c1. The van der Waals surface area contributed by atoms with Gasteiger partial charge in [0.15, 0.2) is 0 Å². The van der Waals surface area contributed by atoms with E-state index in [0.29, 0.717) is 5.69 Å². The van der Waals surface area contributed by atoms with Crippen LogP contribution in [0.5, 0.6) is 0 Å². The van der Waals surface area contributed by atoms with Crippen molar-refractivity contribution < 1.29 is 4.79 Å². The lowest BCUT2D eigenvalue weighted by Gasteiger charge is -2.30. The average molecular weight is 284 g/mol. The van der Waals surface area contributed by atoms with Crippen molar-refractivity contribution in [3.63, 3.8) is 0 Å². The minimum Gasteiger partial charge on any atom is -0.347 e. The summed E-state index contributed by atoms with van der Waals surface area (Å²) in [6.07, 6.45) is 6.11. The number of hydrogen-bond donors (Lipinski definition) is 1. The molecular formula is C16H20N4O. The number of hydrogen-bond acceptors (Lipinski definition) is 3. The van der Waals surface area contributed by atoms with E-state index in [-0.39, 0.29) is 11.9 Å². The lowest BCUT2D eigenvalue weighted by atomic mass is 9.97. The Balaban J connectivity index is 1.50. The van der Waals surface area contributed by atoms with Crippen molar-refractivity contribution in [3.8, 4) is 0 Å². The lowest BCUT2D eigenvalue weighted by Crippen LogP contribution is -2.47. The number of carbonyl (C=O) groups is 1. The van der Waals surface area contributed by atoms with E-state index in [9.17, 15) is 4.79 Å². The second-order valence-electron chi connectivity index (χ2n) is 6.44. The molecule has 2 saturated heterocycles. The van der Waals surface area contributed by atoms with Crippen LogP contribution in [0.1, 0.15) is 28.9 Å². The van der Waals surface area contributed by atoms with Crippen molar-refractivity contribution in [1.82, 2.24) is 19.6 Å². The van der Waals surface area contributed by atoms with Crippen molar-refractivity contribution in [2.45, 2.75) is 25.8 Å². The smallest absolute Gasteiger partial charge is 0.270 e. The van der Waals surface area contributed by atoms with E-state index in [0.717, 1.165) is 24.4 Å². The molecule has 0 saturated carbocycles. The maximum Gasteiger partial charge on any atom is 0.270 e. The number of piperidine rings is 1. The van der Waals surface area contributed by atoms with Crippen LogP contribution in [0.4, 0.5) is 0 Å². The number of nitrogens with zero attached hydrogens (tertiary/aromatic N) is 3. The molecular weight excluding hydrogens is 264 g/mol. The molecule has 2 aliphatic rings. The molecule has 4 rings (SSSR count). The Bertz CT molecular complexity index is 681. The van der Waals surface area contributed by atoms with Crippen LogP contribution in [0.15, 0.2) is 24.7 Å². The molecule has 2 aromatic heterocycles. The van der Waals surface area contributed by atoms with Gasteiger partial charge in [-0.2, -0.15) is 0 Å². The predicted molar refractivity (Wildman–Crippen MR) is 80.3 cm³/mol. The number of fused-ring (bicyclic) bond motifs is 3. The third-order valence-electron chi connectivity index (χ3n) is 4.66. The first kappa shape index (κ1) is 12.8. The number of aromatic nitrogens is 2. The third kappa shape index (κ3) is 2.42. The monoisotopic (exact) mass is 284 g/mol. The van der Waals surface area contributed by atoms with Gasteiger partial charge in [0.1, 0.15) is 5.69 Å². The second-order valence-corrected chi connectivity index (χ2v) is 6.44. The van der Waals surface area contributed by atoms with E-state index in [1.54, 1.807) is 6.33 Å². The quantitative estimate of drug-likeness (QED) is 0.908. The molecule has 2 unspecified atom stereocenters. The minimum atomic E-state index is -0.0520. The standard InChI is InChI=1S/C16H20N4O/c1-11-4-14-6-15(17-10-20(14)7-11)16(21)18-13-5-12-2-3-19(8-12)9-13/h4,6-7,10,12-13H,2-3,5,8-9H2,1H3,(H,18,21)/t12?,13-/m1/s1. The van der Waals surface area contributed by atoms with E-state index < -0.39 is 0 Å². The van der Waals surface area contributed by atoms with Crippen LogP contribution in [0.25, 0.3) is 5.52 Å². The molecule has 5 nitrogen and oxygen atoms in total. The van der Waals surface area contributed by atoms with Crippen molar-refractivity contribution in [2.24, 2.45) is 5.92 Å². The fraction of sp³-hybridized carbons (Fsp3) is 0.500. The highest BCUT2D eigenvalue weighted by Crippen LogP contribution is 2.26. The normalized spacial score (nSPS) is 28.0. The summed E-state index contributed by atoms with van der Waals surface area (Å²) in [7, 11) is 0. The van der Waals surface area contributed by atoms with Gasteiger partial charge in [0.05, 0.1) is 6.33 Å². The summed E-state index contributed by atoms with van der Waals surface area (Å²) >= 11 is 0. The molecule has 2 aliphatic heterocycles. The van der Waals surface area contributed by atoms with Gasteiger partial charge in [-0.05, 0) is 49.9 Å². The first-order valence-corrected chi connectivity index (χ1v) is 7.65. The Kier molecular flexibility index (Phi) is 2.96. The lowest BCUT2D eigenvalue weighted by molar-refractivity contribution is 0.0904. The molecule has 4 heterocycles. The highest BCUT2D eigenvalue weighted by molar-refractivity contribution is 5.93. The zero-order chi connectivity index (χ0) is 14.4. The summed E-state index contributed by atoms with van der Waals surface area (Å²) in [5, 5.41) is 3.16. The Morgan fingerprint density at radius 3 is 3.14 bits per heavy atom. The van der Waals surface area contributed by atoms with Gasteiger partial charge >= 0.3 is 0 Å². The summed E-state index contributed by atoms with van der Waals surface area (Å²) in [4.78, 5) is 19.1. The number of nitrogens with one attached hydrogen (secondary N) is 1. The molecule has 0 radical (unpaired) electrons. The maximum atomic E-state index is 12.4. The number of amides is 1. The third-order valence-corrected chi connectivity index (χ3v) is 4.66. The van der Waals surface area contributed by atoms with Gasteiger partial charge in [-0.1, -0.05) is 0 Å². The molecule has 1 N–H and O–H groups in total. The molecule has 2 aromatic rings. The maximum absolute atomic E-state index is 12.4. The van der Waals surface area contributed by atoms with E-state index in [1.807, 2.05) is 23.6 Å². The molecule has 0 aromatic carbocycles. The fourth-order valence-corrected chi connectivity index (χ4v) is 3.70. The largest absolute Gasteiger partial charge is 0.347 e. The van der Waals surface area contributed by atoms with Gasteiger partial charge in [-0.25, -0.2) is 4.98 Å². The van der Waals surface area contributed by atoms with E-state index in [2.05, 4.69) is 21.3 Å². The number of aryl methyl sites for hydroxylation is 1. The van der Waals surface area contributed by atoms with Gasteiger partial charge in [-0.15, -0.1) is 0 Å². The van der Waals surface area contributed by atoms with Crippen LogP contribution in [-0.2, 0) is 0 Å². The Labute approximate surface area is 124 Å². The van der Waals surface area contributed by atoms with Gasteiger partial charge in [0.2, 0.25) is 0 Å². The van der Waals surface area contributed by atoms with Gasteiger partial charge < -0.3 is 14.6 Å². The first-order valence-electron chi connectivity index (χ1n) is 7.65. The van der Waals surface area contributed by atoms with Crippen LogP contribution in [-0.4, -0.2) is 45.9 Å². The zero-order valence-corrected chi connectivity index (χ0v) is 12.2. The topological polar surface area (TPSA) is 49.6 Å². The van der Waals surface area contributed by atoms with Crippen LogP contribution >= 0.6 is 0 Å². The Morgan fingerprint density at radius 2 is 2.29 bits per heavy atom. The molecule has 0 spiro atoms. The first-order chi connectivity index (χ1) is 10.2. The van der Waals surface area contributed by atoms with Crippen LogP contribution in [0.2, 0.25) is 0 Å². The summed E-state index contributed by atoms with van der Waals surface area (Å²) in [6, 6.07) is 4.19. The minimum absolute atomic E-state index is 0.0520. The van der Waals surface area contributed by atoms with Crippen molar-refractivity contribution in [2.75, 3.05) is 19.6 Å². The molecule has 110 valence electrons. The Hall–Kier alpha value is -1.88. The summed E-state index contributed by atoms with van der Waals surface area (Å²) in [5.41, 5.74) is 2.69. The molecule has 2 fully saturated rings. The van der Waals surface area contributed by atoms with Crippen LogP contribution < -0.4 is 5.32 Å². The van der Waals surface area contributed by atoms with Gasteiger partial charge in [0, 0.05) is 30.8 Å². The fourth-order valence-electron chi connectivity index (χ4n) is 3.70. The molecule has 5 heteroatoms. The van der Waals surface area contributed by atoms with E-state index in [4.69, 9.17) is 0 Å². The molecule has 0 aliphatic carbocycles. The van der Waals surface area contributed by atoms with E-state index >= 15 is 0 Å². The van der Waals surface area contributed by atoms with Crippen LogP contribution in [0.3, 0.4) is 0 Å². The second kappa shape index (κ2) is 4.84. The van der Waals surface area contributed by atoms with Crippen LogP contribution in [0, 0.1) is 12.8 Å². The highest BCUT2D eigenvalue weighted by Gasteiger charge is 2.33. The van der Waals surface area contributed by atoms with Gasteiger partial charge in [0.25, 0.3) is 5.91 Å². The Morgan fingerprint density at radius 1 is 1.38 bits per heavy atom. The summed E-state index contributed by atoms with van der Waals surface area (Å²) in [5.74, 6) is 0.705. The predicted octanol–water partition coefficient (Wildman–Crippen LogP) is 1.47.